The van der Waals surface area contributed by atoms with Gasteiger partial charge in [-0.3, -0.25) is 9.78 Å². The molecule has 4 heterocycles. The fourth-order valence-electron chi connectivity index (χ4n) is 3.98. The Kier molecular flexibility index (Phi) is 4.78. The Morgan fingerprint density at radius 2 is 2.16 bits per heavy atom. The third kappa shape index (κ3) is 3.58. The molecular formula is C19H25N5O. The van der Waals surface area contributed by atoms with Crippen LogP contribution in [0.15, 0.2) is 36.9 Å². The molecular weight excluding hydrogens is 314 g/mol. The van der Waals surface area contributed by atoms with Gasteiger partial charge in [0.15, 0.2) is 0 Å². The molecule has 0 saturated carbocycles. The van der Waals surface area contributed by atoms with Crippen molar-refractivity contribution in [1.29, 1.82) is 0 Å². The van der Waals surface area contributed by atoms with Crippen LogP contribution in [0.3, 0.4) is 0 Å². The van der Waals surface area contributed by atoms with E-state index in [2.05, 4.69) is 24.8 Å². The molecule has 6 nitrogen and oxygen atoms in total. The van der Waals surface area contributed by atoms with E-state index in [4.69, 9.17) is 0 Å². The van der Waals surface area contributed by atoms with E-state index in [1.807, 2.05) is 30.7 Å². The van der Waals surface area contributed by atoms with Gasteiger partial charge in [0.25, 0.3) is 0 Å². The van der Waals surface area contributed by atoms with Crippen LogP contribution in [0.5, 0.6) is 0 Å². The predicted molar refractivity (Wildman–Crippen MR) is 94.7 cm³/mol. The first-order valence-electron chi connectivity index (χ1n) is 9.21. The maximum absolute atomic E-state index is 13.4. The molecule has 0 spiro atoms. The number of carbonyl (C=O) groups is 1. The second-order valence-electron chi connectivity index (χ2n) is 7.04. The monoisotopic (exact) mass is 339 g/mol. The van der Waals surface area contributed by atoms with E-state index in [1.165, 1.54) is 5.69 Å². The summed E-state index contributed by atoms with van der Waals surface area (Å²) < 4.78 is 2.13. The molecule has 1 amide bonds. The van der Waals surface area contributed by atoms with Crippen LogP contribution in [0.25, 0.3) is 0 Å². The van der Waals surface area contributed by atoms with Gasteiger partial charge in [0.2, 0.25) is 5.91 Å². The van der Waals surface area contributed by atoms with Gasteiger partial charge >= 0.3 is 0 Å². The maximum atomic E-state index is 13.4. The van der Waals surface area contributed by atoms with E-state index in [9.17, 15) is 4.79 Å². The summed E-state index contributed by atoms with van der Waals surface area (Å²) in [6.07, 6.45) is 9.44. The van der Waals surface area contributed by atoms with E-state index in [1.54, 1.807) is 6.20 Å². The highest BCUT2D eigenvalue weighted by Gasteiger charge is 2.33. The number of rotatable bonds is 4. The first kappa shape index (κ1) is 16.3. The Labute approximate surface area is 148 Å². The van der Waals surface area contributed by atoms with Crippen LogP contribution in [-0.2, 0) is 24.3 Å². The summed E-state index contributed by atoms with van der Waals surface area (Å²) in [5.41, 5.74) is 2.20. The predicted octanol–water partition coefficient (Wildman–Crippen LogP) is 1.62. The minimum absolute atomic E-state index is 0.0419. The van der Waals surface area contributed by atoms with Crippen molar-refractivity contribution in [1.82, 2.24) is 24.8 Å². The molecule has 2 aromatic heterocycles. The number of aryl methyl sites for hydroxylation is 1. The van der Waals surface area contributed by atoms with Gasteiger partial charge in [0.1, 0.15) is 0 Å². The molecule has 6 heteroatoms. The van der Waals surface area contributed by atoms with E-state index >= 15 is 0 Å². The van der Waals surface area contributed by atoms with Crippen LogP contribution < -0.4 is 5.32 Å². The number of nitrogens with zero attached hydrogens (tertiary/aromatic N) is 4. The van der Waals surface area contributed by atoms with Crippen LogP contribution in [0.4, 0.5) is 0 Å². The van der Waals surface area contributed by atoms with E-state index in [0.29, 0.717) is 12.6 Å². The number of amides is 1. The average molecular weight is 339 g/mol. The van der Waals surface area contributed by atoms with Crippen LogP contribution in [0.2, 0.25) is 0 Å². The minimum atomic E-state index is 0.0419. The first-order valence-corrected chi connectivity index (χ1v) is 9.21. The number of fused-ring (bicyclic) bond motifs is 1. The Hall–Kier alpha value is -2.21. The van der Waals surface area contributed by atoms with Gasteiger partial charge < -0.3 is 14.8 Å². The van der Waals surface area contributed by atoms with E-state index in [-0.39, 0.29) is 11.8 Å². The second-order valence-corrected chi connectivity index (χ2v) is 7.04. The van der Waals surface area contributed by atoms with Crippen molar-refractivity contribution in [3.05, 3.63) is 48.3 Å². The molecule has 0 radical (unpaired) electrons. The minimum Gasteiger partial charge on any atom is -0.334 e. The quantitative estimate of drug-likeness (QED) is 0.919. The molecule has 0 aliphatic carbocycles. The first-order chi connectivity index (χ1) is 12.3. The molecule has 1 N–H and O–H groups in total. The van der Waals surface area contributed by atoms with Crippen LogP contribution in [0.1, 0.15) is 30.7 Å². The van der Waals surface area contributed by atoms with Crippen molar-refractivity contribution < 1.29 is 4.79 Å². The molecule has 0 aromatic carbocycles. The second kappa shape index (κ2) is 7.35. The lowest BCUT2D eigenvalue weighted by Gasteiger charge is -2.37. The highest BCUT2D eigenvalue weighted by Crippen LogP contribution is 2.25. The highest BCUT2D eigenvalue weighted by molar-refractivity contribution is 5.79. The van der Waals surface area contributed by atoms with E-state index < -0.39 is 0 Å². The fraction of sp³-hybridized carbons (Fsp3) is 0.526. The number of hydrogen-bond acceptors (Lipinski definition) is 4. The zero-order chi connectivity index (χ0) is 17.1. The average Bonchev–Trinajstić information content (AvgIpc) is 3.15. The van der Waals surface area contributed by atoms with Gasteiger partial charge in [-0.05, 0) is 50.9 Å². The van der Waals surface area contributed by atoms with Crippen LogP contribution in [0, 0.1) is 5.92 Å². The SMILES string of the molecule is O=C(C1CCc2cncn2C1)N(Cc1ccccn1)C1CCNCC1. The number of piperidine rings is 1. The number of pyridine rings is 1. The summed E-state index contributed by atoms with van der Waals surface area (Å²) >= 11 is 0. The largest absolute Gasteiger partial charge is 0.334 e. The molecule has 2 aliphatic rings. The molecule has 1 unspecified atom stereocenters. The van der Waals surface area contributed by atoms with E-state index in [0.717, 1.165) is 51.0 Å². The van der Waals surface area contributed by atoms with Crippen molar-refractivity contribution >= 4 is 5.91 Å². The van der Waals surface area contributed by atoms with Crippen molar-refractivity contribution in [3.8, 4) is 0 Å². The van der Waals surface area contributed by atoms with Gasteiger partial charge in [0, 0.05) is 30.7 Å². The number of carbonyl (C=O) groups excluding carboxylic acids is 1. The number of hydrogen-bond donors (Lipinski definition) is 1. The summed E-state index contributed by atoms with van der Waals surface area (Å²) in [7, 11) is 0. The molecule has 1 atom stereocenters. The molecule has 0 bridgehead atoms. The van der Waals surface area contributed by atoms with Crippen LogP contribution >= 0.6 is 0 Å². The van der Waals surface area contributed by atoms with Gasteiger partial charge in [0.05, 0.1) is 24.5 Å². The molecule has 4 rings (SSSR count). The normalized spacial score (nSPS) is 20.9. The topological polar surface area (TPSA) is 63.1 Å². The Morgan fingerprint density at radius 3 is 2.96 bits per heavy atom. The third-order valence-corrected chi connectivity index (χ3v) is 5.40. The van der Waals surface area contributed by atoms with Gasteiger partial charge in [-0.15, -0.1) is 0 Å². The standard InChI is InChI=1S/C19H25N5O/c25-19(15-4-5-18-11-21-14-23(18)12-15)24(17-6-9-20-10-7-17)13-16-3-1-2-8-22-16/h1-3,8,11,14-15,17,20H,4-7,9-10,12-13H2. The zero-order valence-corrected chi connectivity index (χ0v) is 14.5. The summed E-state index contributed by atoms with van der Waals surface area (Å²) in [6, 6.07) is 6.23. The van der Waals surface area contributed by atoms with Crippen LogP contribution in [-0.4, -0.2) is 44.5 Å². The molecule has 1 saturated heterocycles. The number of imidazole rings is 1. The fourth-order valence-corrected chi connectivity index (χ4v) is 3.98. The molecule has 132 valence electrons. The molecule has 25 heavy (non-hydrogen) atoms. The maximum Gasteiger partial charge on any atom is 0.228 e. The van der Waals surface area contributed by atoms with Crippen molar-refractivity contribution in [2.24, 2.45) is 5.92 Å². The lowest BCUT2D eigenvalue weighted by Crippen LogP contribution is -2.49. The molecule has 1 fully saturated rings. The van der Waals surface area contributed by atoms with Crippen molar-refractivity contribution in [3.63, 3.8) is 0 Å². The van der Waals surface area contributed by atoms with Crippen molar-refractivity contribution in [2.45, 2.75) is 44.8 Å². The highest BCUT2D eigenvalue weighted by atomic mass is 16.2. The van der Waals surface area contributed by atoms with Crippen molar-refractivity contribution in [2.75, 3.05) is 13.1 Å². The Bertz CT molecular complexity index is 708. The van der Waals surface area contributed by atoms with Gasteiger partial charge in [-0.25, -0.2) is 4.98 Å². The lowest BCUT2D eigenvalue weighted by atomic mass is 9.94. The Morgan fingerprint density at radius 1 is 1.28 bits per heavy atom. The zero-order valence-electron chi connectivity index (χ0n) is 14.5. The van der Waals surface area contributed by atoms with Gasteiger partial charge in [-0.2, -0.15) is 0 Å². The summed E-state index contributed by atoms with van der Waals surface area (Å²) in [6.45, 7) is 3.31. The summed E-state index contributed by atoms with van der Waals surface area (Å²) in [5.74, 6) is 0.317. The lowest BCUT2D eigenvalue weighted by molar-refractivity contribution is -0.140. The number of nitrogens with one attached hydrogen (secondary N) is 1. The van der Waals surface area contributed by atoms with Gasteiger partial charge in [-0.1, -0.05) is 6.07 Å². The summed E-state index contributed by atoms with van der Waals surface area (Å²) in [4.78, 5) is 24.1. The molecule has 2 aromatic rings. The Balaban J connectivity index is 1.53. The number of aromatic nitrogens is 3. The third-order valence-electron chi connectivity index (χ3n) is 5.40. The molecule has 2 aliphatic heterocycles. The summed E-state index contributed by atoms with van der Waals surface area (Å²) in [5, 5.41) is 3.40. The smallest absolute Gasteiger partial charge is 0.228 e.